The molecule has 1 amide bonds. The average Bonchev–Trinajstić information content (AvgIpc) is 1.96. The van der Waals surface area contributed by atoms with Crippen LogP contribution in [0.2, 0.25) is 0 Å². The van der Waals surface area contributed by atoms with Gasteiger partial charge in [-0.1, -0.05) is 0 Å². The van der Waals surface area contributed by atoms with Crippen molar-refractivity contribution in [3.63, 3.8) is 0 Å². The van der Waals surface area contributed by atoms with Crippen LogP contribution in [-0.2, 0) is 14.4 Å². The first-order chi connectivity index (χ1) is 5.57. The van der Waals surface area contributed by atoms with Crippen molar-refractivity contribution < 1.29 is 83.7 Å². The number of carbonyl (C=O) groups is 3. The number of carboxylic acids is 2. The second kappa shape index (κ2) is 11.5. The van der Waals surface area contributed by atoms with E-state index in [1.54, 1.807) is 0 Å². The van der Waals surface area contributed by atoms with Crippen LogP contribution in [0.15, 0.2) is 0 Å². The molecule has 0 aromatic rings. The van der Waals surface area contributed by atoms with Gasteiger partial charge in [0.05, 0.1) is 12.0 Å². The molecule has 0 radical (unpaired) electrons. The summed E-state index contributed by atoms with van der Waals surface area (Å²) in [6.45, 7) is 0. The largest absolute Gasteiger partial charge is 1.00 e. The van der Waals surface area contributed by atoms with Gasteiger partial charge in [-0.3, -0.25) is 4.79 Å². The summed E-state index contributed by atoms with van der Waals surface area (Å²) in [5.41, 5.74) is 0. The maximum absolute atomic E-state index is 10.2. The van der Waals surface area contributed by atoms with Crippen molar-refractivity contribution in [1.29, 1.82) is 0 Å². The molecular formula is C6H7NNa2O5. The fraction of sp³-hybridized carbons (Fsp3) is 0.500. The quantitative estimate of drug-likeness (QED) is 0.352. The predicted octanol–water partition coefficient (Wildman–Crippen LogP) is -9.61. The van der Waals surface area contributed by atoms with Crippen LogP contribution in [-0.4, -0.2) is 24.4 Å². The van der Waals surface area contributed by atoms with Crippen molar-refractivity contribution in [2.45, 2.75) is 18.9 Å². The van der Waals surface area contributed by atoms with Gasteiger partial charge < -0.3 is 25.1 Å². The van der Waals surface area contributed by atoms with Gasteiger partial charge in [0, 0.05) is 5.97 Å². The van der Waals surface area contributed by atoms with Gasteiger partial charge in [0.1, 0.15) is 0 Å². The summed E-state index contributed by atoms with van der Waals surface area (Å²) in [7, 11) is 0. The van der Waals surface area contributed by atoms with Crippen molar-refractivity contribution in [3.05, 3.63) is 0 Å². The maximum atomic E-state index is 10.2. The molecule has 1 N–H and O–H groups in total. The van der Waals surface area contributed by atoms with Gasteiger partial charge in [0.25, 0.3) is 0 Å². The van der Waals surface area contributed by atoms with Crippen molar-refractivity contribution >= 4 is 18.3 Å². The maximum Gasteiger partial charge on any atom is 1.00 e. The van der Waals surface area contributed by atoms with Crippen LogP contribution in [0.4, 0.5) is 0 Å². The molecular weight excluding hydrogens is 212 g/mol. The fourth-order valence-corrected chi connectivity index (χ4v) is 0.614. The smallest absolute Gasteiger partial charge is 0.550 e. The van der Waals surface area contributed by atoms with Crippen LogP contribution in [0.3, 0.4) is 0 Å². The molecule has 0 aliphatic carbocycles. The molecule has 8 heteroatoms. The Morgan fingerprint density at radius 1 is 1.29 bits per heavy atom. The Labute approximate surface area is 125 Å². The van der Waals surface area contributed by atoms with Gasteiger partial charge in [-0.25, -0.2) is 0 Å². The number of carbonyl (C=O) groups excluding carboxylic acids is 3. The molecule has 0 fully saturated rings. The van der Waals surface area contributed by atoms with E-state index in [-0.39, 0.29) is 71.9 Å². The molecule has 0 aromatic carbocycles. The summed E-state index contributed by atoms with van der Waals surface area (Å²) in [6.07, 6.45) is -0.487. The second-order valence-electron chi connectivity index (χ2n) is 2.07. The van der Waals surface area contributed by atoms with Crippen molar-refractivity contribution in [3.8, 4) is 0 Å². The number of amides is 1. The number of carboxylic acid groups (broad SMARTS) is 2. The molecule has 0 rings (SSSR count). The number of aliphatic carboxylic acids is 2. The number of nitrogens with one attached hydrogen (secondary N) is 1. The van der Waals surface area contributed by atoms with Crippen molar-refractivity contribution in [1.82, 2.24) is 5.32 Å². The van der Waals surface area contributed by atoms with Gasteiger partial charge in [-0.15, -0.1) is 0 Å². The molecule has 0 saturated heterocycles. The number of rotatable bonds is 6. The Morgan fingerprint density at radius 2 is 1.79 bits per heavy atom. The Kier molecular flexibility index (Phi) is 16.3. The van der Waals surface area contributed by atoms with Gasteiger partial charge in [0.2, 0.25) is 6.41 Å². The Bertz CT molecular complexity index is 199. The SMILES string of the molecule is O=CN[C@@H](CCC(=O)[O-])C(=O)[O-].[Na+].[Na+]. The molecule has 0 aromatic heterocycles. The summed E-state index contributed by atoms with van der Waals surface area (Å²) < 4.78 is 0. The van der Waals surface area contributed by atoms with Gasteiger partial charge in [-0.05, 0) is 12.8 Å². The zero-order valence-electron chi connectivity index (χ0n) is 8.11. The third-order valence-corrected chi connectivity index (χ3v) is 1.19. The van der Waals surface area contributed by atoms with E-state index < -0.39 is 24.4 Å². The zero-order valence-corrected chi connectivity index (χ0v) is 12.1. The minimum absolute atomic E-state index is 0. The van der Waals surface area contributed by atoms with E-state index in [4.69, 9.17) is 0 Å². The first-order valence-corrected chi connectivity index (χ1v) is 3.18. The second-order valence-corrected chi connectivity index (χ2v) is 2.07. The summed E-state index contributed by atoms with van der Waals surface area (Å²) in [5.74, 6) is -2.88. The number of hydrogen-bond donors (Lipinski definition) is 1. The van der Waals surface area contributed by atoms with Crippen molar-refractivity contribution in [2.75, 3.05) is 0 Å². The van der Waals surface area contributed by atoms with E-state index in [1.165, 1.54) is 0 Å². The van der Waals surface area contributed by atoms with Gasteiger partial charge >= 0.3 is 59.1 Å². The molecule has 14 heavy (non-hydrogen) atoms. The van der Waals surface area contributed by atoms with Crippen LogP contribution in [0.25, 0.3) is 0 Å². The first-order valence-electron chi connectivity index (χ1n) is 3.18. The van der Waals surface area contributed by atoms with E-state index in [0.29, 0.717) is 0 Å². The standard InChI is InChI=1S/C6H9NO5.2Na/c8-3-7-4(6(11)12)1-2-5(9)10;;/h3-4H,1-2H2,(H,7,8)(H,9,10)(H,11,12);;/q;2*+1/p-2/t4-;;/m0../s1. The average molecular weight is 219 g/mol. The Hall–Kier alpha value is 0.410. The molecule has 0 aliphatic heterocycles. The van der Waals surface area contributed by atoms with Gasteiger partial charge in [-0.2, -0.15) is 0 Å². The molecule has 6 nitrogen and oxygen atoms in total. The molecule has 0 aliphatic rings. The third kappa shape index (κ3) is 10.5. The summed E-state index contributed by atoms with van der Waals surface area (Å²) >= 11 is 0. The monoisotopic (exact) mass is 219 g/mol. The zero-order chi connectivity index (χ0) is 9.56. The molecule has 0 unspecified atom stereocenters. The summed E-state index contributed by atoms with van der Waals surface area (Å²) in [4.78, 5) is 29.8. The Balaban J connectivity index is -0.000000605. The van der Waals surface area contributed by atoms with Crippen molar-refractivity contribution in [2.24, 2.45) is 0 Å². The minimum atomic E-state index is -1.51. The van der Waals surface area contributed by atoms with Crippen LogP contribution in [0, 0.1) is 0 Å². The molecule has 0 spiro atoms. The molecule has 68 valence electrons. The summed E-state index contributed by atoms with van der Waals surface area (Å²) in [6, 6.07) is -1.26. The van der Waals surface area contributed by atoms with Gasteiger partial charge in [0.15, 0.2) is 0 Å². The fourth-order valence-electron chi connectivity index (χ4n) is 0.614. The van der Waals surface area contributed by atoms with Crippen LogP contribution in [0.5, 0.6) is 0 Å². The van der Waals surface area contributed by atoms with E-state index in [1.807, 2.05) is 5.32 Å². The number of hydrogen-bond acceptors (Lipinski definition) is 5. The summed E-state index contributed by atoms with van der Waals surface area (Å²) in [5, 5.41) is 21.9. The van der Waals surface area contributed by atoms with E-state index in [0.717, 1.165) is 0 Å². The van der Waals surface area contributed by atoms with Crippen LogP contribution in [0.1, 0.15) is 12.8 Å². The van der Waals surface area contributed by atoms with E-state index in [9.17, 15) is 24.6 Å². The van der Waals surface area contributed by atoms with E-state index in [2.05, 4.69) is 0 Å². The Morgan fingerprint density at radius 3 is 2.07 bits per heavy atom. The topological polar surface area (TPSA) is 109 Å². The predicted molar refractivity (Wildman–Crippen MR) is 32.2 cm³/mol. The molecule has 1 atom stereocenters. The molecule has 0 saturated carbocycles. The molecule has 0 bridgehead atoms. The molecule has 0 heterocycles. The minimum Gasteiger partial charge on any atom is -0.550 e. The van der Waals surface area contributed by atoms with Crippen LogP contribution < -0.4 is 74.6 Å². The first kappa shape index (κ1) is 19.9. The van der Waals surface area contributed by atoms with Crippen LogP contribution >= 0.6 is 0 Å². The van der Waals surface area contributed by atoms with E-state index >= 15 is 0 Å². The normalized spacial score (nSPS) is 10.0. The third-order valence-electron chi connectivity index (χ3n) is 1.19.